The summed E-state index contributed by atoms with van der Waals surface area (Å²) in [5.41, 5.74) is 2.61. The third kappa shape index (κ3) is 2.89. The molecule has 2 aliphatic carbocycles. The Morgan fingerprint density at radius 3 is 2.75 bits per heavy atom. The van der Waals surface area contributed by atoms with Crippen LogP contribution in [0.15, 0.2) is 18.2 Å². The number of aryl methyl sites for hydroxylation is 1. The highest BCUT2D eigenvalue weighted by molar-refractivity contribution is 6.31. The van der Waals surface area contributed by atoms with Crippen LogP contribution in [0.4, 0.5) is 0 Å². The number of hydrogen-bond donors (Lipinski definition) is 1. The number of fused-ring (bicyclic) bond motifs is 2. The molecule has 0 heterocycles. The summed E-state index contributed by atoms with van der Waals surface area (Å²) in [5, 5.41) is 4.57. The minimum atomic E-state index is 0.500. The Morgan fingerprint density at radius 1 is 1.30 bits per heavy atom. The molecule has 20 heavy (non-hydrogen) atoms. The second kappa shape index (κ2) is 6.07. The van der Waals surface area contributed by atoms with Crippen molar-refractivity contribution in [1.29, 1.82) is 0 Å². The van der Waals surface area contributed by atoms with Gasteiger partial charge in [0.1, 0.15) is 0 Å². The maximum Gasteiger partial charge on any atom is 0.0435 e. The predicted molar refractivity (Wildman–Crippen MR) is 86.2 cm³/mol. The standard InChI is InChI=1S/C18H26ClN/c1-3-20-18(15-6-7-17(19)12(2)8-15)11-16-10-13-4-5-14(16)9-13/h6-8,13-14,16,18,20H,3-5,9-11H2,1-2H3. The molecule has 2 heteroatoms. The zero-order valence-electron chi connectivity index (χ0n) is 12.7. The van der Waals surface area contributed by atoms with E-state index in [1.807, 2.05) is 0 Å². The number of halogens is 1. The zero-order chi connectivity index (χ0) is 14.1. The Kier molecular flexibility index (Phi) is 4.37. The first-order valence-corrected chi connectivity index (χ1v) is 8.54. The minimum absolute atomic E-state index is 0.500. The molecule has 0 spiro atoms. The van der Waals surface area contributed by atoms with Gasteiger partial charge in [-0.3, -0.25) is 0 Å². The average molecular weight is 292 g/mol. The number of benzene rings is 1. The van der Waals surface area contributed by atoms with E-state index in [9.17, 15) is 0 Å². The molecule has 4 unspecified atom stereocenters. The Balaban J connectivity index is 1.73. The van der Waals surface area contributed by atoms with Crippen LogP contribution in [0.1, 0.15) is 56.2 Å². The largest absolute Gasteiger partial charge is 0.310 e. The van der Waals surface area contributed by atoms with Crippen LogP contribution in [0.25, 0.3) is 0 Å². The third-order valence-electron chi connectivity index (χ3n) is 5.46. The first kappa shape index (κ1) is 14.4. The minimum Gasteiger partial charge on any atom is -0.310 e. The van der Waals surface area contributed by atoms with Gasteiger partial charge in [0.25, 0.3) is 0 Å². The van der Waals surface area contributed by atoms with Crippen molar-refractivity contribution >= 4 is 11.6 Å². The van der Waals surface area contributed by atoms with Gasteiger partial charge in [-0.15, -0.1) is 0 Å². The Hall–Kier alpha value is -0.530. The summed E-state index contributed by atoms with van der Waals surface area (Å²) in [6, 6.07) is 7.02. The lowest BCUT2D eigenvalue weighted by molar-refractivity contribution is 0.280. The van der Waals surface area contributed by atoms with Crippen molar-refractivity contribution in [3.05, 3.63) is 34.3 Å². The van der Waals surface area contributed by atoms with E-state index in [1.54, 1.807) is 0 Å². The Labute approximate surface area is 128 Å². The molecule has 2 saturated carbocycles. The second-order valence-electron chi connectivity index (χ2n) is 6.79. The third-order valence-corrected chi connectivity index (χ3v) is 5.88. The van der Waals surface area contributed by atoms with Crippen molar-refractivity contribution in [1.82, 2.24) is 5.32 Å². The summed E-state index contributed by atoms with van der Waals surface area (Å²) in [4.78, 5) is 0. The van der Waals surface area contributed by atoms with Gasteiger partial charge in [0.05, 0.1) is 0 Å². The van der Waals surface area contributed by atoms with Crippen molar-refractivity contribution in [2.45, 2.75) is 52.0 Å². The van der Waals surface area contributed by atoms with Crippen LogP contribution in [0.2, 0.25) is 5.02 Å². The molecular weight excluding hydrogens is 266 g/mol. The van der Waals surface area contributed by atoms with Crippen LogP contribution in [0.3, 0.4) is 0 Å². The normalized spacial score (nSPS) is 29.9. The zero-order valence-corrected chi connectivity index (χ0v) is 13.4. The molecular formula is C18H26ClN. The fraction of sp³-hybridized carbons (Fsp3) is 0.667. The lowest BCUT2D eigenvalue weighted by Gasteiger charge is -2.28. The molecule has 1 aromatic carbocycles. The molecule has 2 bridgehead atoms. The monoisotopic (exact) mass is 291 g/mol. The van der Waals surface area contributed by atoms with Crippen LogP contribution in [0, 0.1) is 24.7 Å². The summed E-state index contributed by atoms with van der Waals surface area (Å²) in [5.74, 6) is 2.99. The summed E-state index contributed by atoms with van der Waals surface area (Å²) < 4.78 is 0. The van der Waals surface area contributed by atoms with Crippen LogP contribution >= 0.6 is 11.6 Å². The van der Waals surface area contributed by atoms with E-state index in [0.717, 1.165) is 29.3 Å². The fourth-order valence-electron chi connectivity index (χ4n) is 4.44. The Morgan fingerprint density at radius 2 is 2.15 bits per heavy atom. The molecule has 1 nitrogen and oxygen atoms in total. The van der Waals surface area contributed by atoms with Gasteiger partial charge in [0.2, 0.25) is 0 Å². The van der Waals surface area contributed by atoms with Gasteiger partial charge in [-0.2, -0.15) is 0 Å². The molecule has 2 aliphatic rings. The number of hydrogen-bond acceptors (Lipinski definition) is 1. The van der Waals surface area contributed by atoms with Crippen LogP contribution in [0.5, 0.6) is 0 Å². The first-order valence-electron chi connectivity index (χ1n) is 8.16. The topological polar surface area (TPSA) is 12.0 Å². The molecule has 0 radical (unpaired) electrons. The maximum atomic E-state index is 6.16. The van der Waals surface area contributed by atoms with Crippen LogP contribution < -0.4 is 5.32 Å². The SMILES string of the molecule is CCNC(CC1CC2CCC1C2)c1ccc(Cl)c(C)c1. The summed E-state index contributed by atoms with van der Waals surface area (Å²) in [7, 11) is 0. The molecule has 0 saturated heterocycles. The lowest BCUT2D eigenvalue weighted by Crippen LogP contribution is -2.25. The molecule has 0 aliphatic heterocycles. The molecule has 2 fully saturated rings. The molecule has 3 rings (SSSR count). The summed E-state index contributed by atoms with van der Waals surface area (Å²) >= 11 is 6.16. The van der Waals surface area contributed by atoms with Gasteiger partial charge in [-0.05, 0) is 74.1 Å². The highest BCUT2D eigenvalue weighted by Gasteiger charge is 2.40. The van der Waals surface area contributed by atoms with E-state index >= 15 is 0 Å². The highest BCUT2D eigenvalue weighted by atomic mass is 35.5. The number of rotatable bonds is 5. The van der Waals surface area contributed by atoms with Gasteiger partial charge >= 0.3 is 0 Å². The van der Waals surface area contributed by atoms with Crippen LogP contribution in [-0.2, 0) is 0 Å². The van der Waals surface area contributed by atoms with Gasteiger partial charge in [0, 0.05) is 11.1 Å². The Bertz CT molecular complexity index is 470. The van der Waals surface area contributed by atoms with Gasteiger partial charge in [-0.1, -0.05) is 37.1 Å². The summed E-state index contributed by atoms with van der Waals surface area (Å²) in [6.45, 7) is 5.34. The molecule has 4 atom stereocenters. The van der Waals surface area contributed by atoms with Crippen molar-refractivity contribution < 1.29 is 0 Å². The van der Waals surface area contributed by atoms with Crippen LogP contribution in [-0.4, -0.2) is 6.54 Å². The van der Waals surface area contributed by atoms with E-state index in [1.165, 1.54) is 43.2 Å². The molecule has 1 aromatic rings. The van der Waals surface area contributed by atoms with Crippen molar-refractivity contribution in [2.24, 2.45) is 17.8 Å². The van der Waals surface area contributed by atoms with E-state index in [2.05, 4.69) is 37.4 Å². The van der Waals surface area contributed by atoms with E-state index in [0.29, 0.717) is 6.04 Å². The molecule has 0 aromatic heterocycles. The van der Waals surface area contributed by atoms with E-state index in [4.69, 9.17) is 11.6 Å². The second-order valence-corrected chi connectivity index (χ2v) is 7.20. The molecule has 1 N–H and O–H groups in total. The predicted octanol–water partition coefficient (Wildman–Crippen LogP) is 5.13. The van der Waals surface area contributed by atoms with E-state index in [-0.39, 0.29) is 0 Å². The van der Waals surface area contributed by atoms with Gasteiger partial charge in [0.15, 0.2) is 0 Å². The number of nitrogens with one attached hydrogen (secondary N) is 1. The lowest BCUT2D eigenvalue weighted by atomic mass is 9.82. The highest BCUT2D eigenvalue weighted by Crippen LogP contribution is 2.51. The molecule has 110 valence electrons. The summed E-state index contributed by atoms with van der Waals surface area (Å²) in [6.07, 6.45) is 7.25. The van der Waals surface area contributed by atoms with Crippen molar-refractivity contribution in [3.63, 3.8) is 0 Å². The van der Waals surface area contributed by atoms with Crippen molar-refractivity contribution in [3.8, 4) is 0 Å². The smallest absolute Gasteiger partial charge is 0.0435 e. The average Bonchev–Trinajstić information content (AvgIpc) is 3.04. The molecule has 0 amide bonds. The van der Waals surface area contributed by atoms with Gasteiger partial charge < -0.3 is 5.32 Å². The quantitative estimate of drug-likeness (QED) is 0.793. The maximum absolute atomic E-state index is 6.16. The van der Waals surface area contributed by atoms with Gasteiger partial charge in [-0.25, -0.2) is 0 Å². The van der Waals surface area contributed by atoms with Crippen molar-refractivity contribution in [2.75, 3.05) is 6.54 Å². The fourth-order valence-corrected chi connectivity index (χ4v) is 4.55. The van der Waals surface area contributed by atoms with E-state index < -0.39 is 0 Å². The first-order chi connectivity index (χ1) is 9.67.